The lowest BCUT2D eigenvalue weighted by Crippen LogP contribution is -2.51. The van der Waals surface area contributed by atoms with Crippen LogP contribution in [0.3, 0.4) is 0 Å². The zero-order valence-corrected chi connectivity index (χ0v) is 12.8. The fourth-order valence-electron chi connectivity index (χ4n) is 2.68. The van der Waals surface area contributed by atoms with E-state index in [1.54, 1.807) is 0 Å². The van der Waals surface area contributed by atoms with E-state index in [1.165, 1.54) is 0 Å². The van der Waals surface area contributed by atoms with Crippen molar-refractivity contribution in [3.05, 3.63) is 34.9 Å². The first kappa shape index (κ1) is 13.8. The molecule has 4 nitrogen and oxygen atoms in total. The molecule has 1 fully saturated rings. The minimum atomic E-state index is -0.179. The molecule has 1 aliphatic rings. The van der Waals surface area contributed by atoms with Gasteiger partial charge in [0.2, 0.25) is 0 Å². The van der Waals surface area contributed by atoms with Gasteiger partial charge in [0.25, 0.3) is 0 Å². The SMILES string of the molecule is NCC1(Nc2cccc3cc(Br)cnc23)CCCOC1. The number of aromatic nitrogens is 1. The number of hydrogen-bond acceptors (Lipinski definition) is 4. The Morgan fingerprint density at radius 1 is 1.45 bits per heavy atom. The number of hydrogen-bond donors (Lipinski definition) is 2. The first-order valence-corrected chi connectivity index (χ1v) is 7.62. The number of pyridine rings is 1. The molecule has 0 spiro atoms. The van der Waals surface area contributed by atoms with E-state index in [0.29, 0.717) is 13.2 Å². The standard InChI is InChI=1S/C15H18BrN3O/c16-12-7-11-3-1-4-13(14(11)18-8-12)19-15(9-17)5-2-6-20-10-15/h1,3-4,7-8,19H,2,5-6,9-10,17H2. The molecule has 2 heterocycles. The first-order valence-electron chi connectivity index (χ1n) is 6.83. The fourth-order valence-corrected chi connectivity index (χ4v) is 3.03. The maximum absolute atomic E-state index is 5.98. The van der Waals surface area contributed by atoms with Gasteiger partial charge >= 0.3 is 0 Å². The number of fused-ring (bicyclic) bond motifs is 1. The van der Waals surface area contributed by atoms with Crippen LogP contribution in [0.5, 0.6) is 0 Å². The molecule has 1 unspecified atom stereocenters. The number of nitrogens with two attached hydrogens (primary N) is 1. The van der Waals surface area contributed by atoms with Gasteiger partial charge in [-0.05, 0) is 40.9 Å². The lowest BCUT2D eigenvalue weighted by atomic mass is 9.92. The van der Waals surface area contributed by atoms with Gasteiger partial charge in [0.05, 0.1) is 23.3 Å². The minimum absolute atomic E-state index is 0.179. The topological polar surface area (TPSA) is 60.2 Å². The van der Waals surface area contributed by atoms with Crippen molar-refractivity contribution in [3.63, 3.8) is 0 Å². The highest BCUT2D eigenvalue weighted by Gasteiger charge is 2.31. The zero-order chi connectivity index (χ0) is 14.0. The number of para-hydroxylation sites is 1. The second-order valence-corrected chi connectivity index (χ2v) is 6.21. The molecule has 1 aliphatic heterocycles. The normalized spacial score (nSPS) is 22.9. The summed E-state index contributed by atoms with van der Waals surface area (Å²) in [7, 11) is 0. The summed E-state index contributed by atoms with van der Waals surface area (Å²) in [6.07, 6.45) is 3.88. The summed E-state index contributed by atoms with van der Waals surface area (Å²) in [5, 5.41) is 4.68. The van der Waals surface area contributed by atoms with Crippen molar-refractivity contribution in [1.29, 1.82) is 0 Å². The molecular weight excluding hydrogens is 318 g/mol. The average molecular weight is 336 g/mol. The Labute approximate surface area is 126 Å². The predicted octanol–water partition coefficient (Wildman–Crippen LogP) is 2.92. The molecular formula is C15H18BrN3O. The van der Waals surface area contributed by atoms with Crippen molar-refractivity contribution < 1.29 is 4.74 Å². The molecule has 1 atom stereocenters. The highest BCUT2D eigenvalue weighted by Crippen LogP contribution is 2.29. The van der Waals surface area contributed by atoms with E-state index in [9.17, 15) is 0 Å². The third kappa shape index (κ3) is 2.66. The summed E-state index contributed by atoms with van der Waals surface area (Å²) >= 11 is 3.46. The molecule has 2 aromatic rings. The van der Waals surface area contributed by atoms with Gasteiger partial charge in [-0.2, -0.15) is 0 Å². The highest BCUT2D eigenvalue weighted by atomic mass is 79.9. The zero-order valence-electron chi connectivity index (χ0n) is 11.2. The molecule has 3 rings (SSSR count). The average Bonchev–Trinajstić information content (AvgIpc) is 2.48. The Kier molecular flexibility index (Phi) is 3.92. The minimum Gasteiger partial charge on any atom is -0.379 e. The van der Waals surface area contributed by atoms with Gasteiger partial charge in [0, 0.05) is 29.2 Å². The van der Waals surface area contributed by atoms with Gasteiger partial charge in [-0.1, -0.05) is 12.1 Å². The summed E-state index contributed by atoms with van der Waals surface area (Å²) in [6.45, 7) is 2.03. The van der Waals surface area contributed by atoms with Gasteiger partial charge in [0.15, 0.2) is 0 Å². The fraction of sp³-hybridized carbons (Fsp3) is 0.400. The number of anilines is 1. The number of nitrogens with zero attached hydrogens (tertiary/aromatic N) is 1. The largest absolute Gasteiger partial charge is 0.379 e. The molecule has 3 N–H and O–H groups in total. The van der Waals surface area contributed by atoms with Gasteiger partial charge in [-0.3, -0.25) is 4.98 Å². The summed E-state index contributed by atoms with van der Waals surface area (Å²) in [6, 6.07) is 8.21. The first-order chi connectivity index (χ1) is 9.72. The molecule has 1 aromatic carbocycles. The maximum Gasteiger partial charge on any atom is 0.0934 e. The monoisotopic (exact) mass is 335 g/mol. The predicted molar refractivity (Wildman–Crippen MR) is 84.9 cm³/mol. The molecule has 1 saturated heterocycles. The lowest BCUT2D eigenvalue weighted by molar-refractivity contribution is 0.0503. The molecule has 0 bridgehead atoms. The van der Waals surface area contributed by atoms with Gasteiger partial charge in [0.1, 0.15) is 0 Å². The summed E-state index contributed by atoms with van der Waals surface area (Å²) < 4.78 is 6.59. The summed E-state index contributed by atoms with van der Waals surface area (Å²) in [5.41, 5.74) is 7.79. The van der Waals surface area contributed by atoms with Crippen molar-refractivity contribution in [2.75, 3.05) is 25.1 Å². The molecule has 0 saturated carbocycles. The van der Waals surface area contributed by atoms with Crippen LogP contribution in [0.15, 0.2) is 34.9 Å². The second kappa shape index (κ2) is 5.68. The molecule has 0 aliphatic carbocycles. The van der Waals surface area contributed by atoms with Crippen LogP contribution in [0, 0.1) is 0 Å². The Balaban J connectivity index is 1.97. The molecule has 5 heteroatoms. The smallest absolute Gasteiger partial charge is 0.0934 e. The second-order valence-electron chi connectivity index (χ2n) is 5.30. The van der Waals surface area contributed by atoms with E-state index in [0.717, 1.165) is 40.5 Å². The van der Waals surface area contributed by atoms with E-state index < -0.39 is 0 Å². The highest BCUT2D eigenvalue weighted by molar-refractivity contribution is 9.10. The molecule has 106 valence electrons. The van der Waals surface area contributed by atoms with Crippen LogP contribution in [0.4, 0.5) is 5.69 Å². The molecule has 0 radical (unpaired) electrons. The van der Waals surface area contributed by atoms with E-state index in [-0.39, 0.29) is 5.54 Å². The quantitative estimate of drug-likeness (QED) is 0.905. The van der Waals surface area contributed by atoms with Crippen LogP contribution < -0.4 is 11.1 Å². The number of benzene rings is 1. The van der Waals surface area contributed by atoms with Crippen LogP contribution >= 0.6 is 15.9 Å². The van der Waals surface area contributed by atoms with E-state index in [4.69, 9.17) is 10.5 Å². The van der Waals surface area contributed by atoms with Crippen LogP contribution in [-0.4, -0.2) is 30.3 Å². The third-order valence-electron chi connectivity index (χ3n) is 3.79. The third-order valence-corrected chi connectivity index (χ3v) is 4.22. The van der Waals surface area contributed by atoms with Gasteiger partial charge < -0.3 is 15.8 Å². The van der Waals surface area contributed by atoms with Crippen molar-refractivity contribution in [2.45, 2.75) is 18.4 Å². The Morgan fingerprint density at radius 3 is 3.10 bits per heavy atom. The lowest BCUT2D eigenvalue weighted by Gasteiger charge is -2.37. The number of ether oxygens (including phenoxy) is 1. The van der Waals surface area contributed by atoms with Crippen LogP contribution in [0.1, 0.15) is 12.8 Å². The number of halogens is 1. The number of rotatable bonds is 3. The summed E-state index contributed by atoms with van der Waals surface area (Å²) in [5.74, 6) is 0. The van der Waals surface area contributed by atoms with E-state index in [1.807, 2.05) is 12.3 Å². The molecule has 20 heavy (non-hydrogen) atoms. The maximum atomic E-state index is 5.98. The molecule has 0 amide bonds. The Morgan fingerprint density at radius 2 is 2.35 bits per heavy atom. The van der Waals surface area contributed by atoms with Crippen LogP contribution in [0.25, 0.3) is 10.9 Å². The van der Waals surface area contributed by atoms with Gasteiger partial charge in [-0.25, -0.2) is 0 Å². The molecule has 1 aromatic heterocycles. The van der Waals surface area contributed by atoms with Crippen molar-refractivity contribution in [2.24, 2.45) is 5.73 Å². The van der Waals surface area contributed by atoms with Crippen LogP contribution in [-0.2, 0) is 4.74 Å². The Bertz CT molecular complexity index is 611. The summed E-state index contributed by atoms with van der Waals surface area (Å²) in [4.78, 5) is 4.52. The van der Waals surface area contributed by atoms with E-state index in [2.05, 4.69) is 44.4 Å². The Hall–Kier alpha value is -1.17. The van der Waals surface area contributed by atoms with Crippen LogP contribution in [0.2, 0.25) is 0 Å². The van der Waals surface area contributed by atoms with Crippen molar-refractivity contribution in [1.82, 2.24) is 4.98 Å². The van der Waals surface area contributed by atoms with Crippen molar-refractivity contribution >= 4 is 32.5 Å². The number of nitrogens with one attached hydrogen (secondary N) is 1. The van der Waals surface area contributed by atoms with Crippen molar-refractivity contribution in [3.8, 4) is 0 Å². The van der Waals surface area contributed by atoms with E-state index >= 15 is 0 Å². The van der Waals surface area contributed by atoms with Gasteiger partial charge in [-0.15, -0.1) is 0 Å².